The van der Waals surface area contributed by atoms with Crippen molar-refractivity contribution >= 4 is 12.4 Å². The third-order valence-electron chi connectivity index (χ3n) is 4.74. The quantitative estimate of drug-likeness (QED) is 0.675. The van der Waals surface area contributed by atoms with E-state index in [-0.39, 0.29) is 18.4 Å². The first-order chi connectivity index (χ1) is 13.2. The molecule has 1 aromatic carbocycles. The standard InChI is InChI=1S/C19H24N6O2.ClH/c1-3-26-15-6-4-14(5-7-15)18-22-17(27-23-18)13-25-11-8-20-12-16(25)19-21-9-10-24(19)2;/h4-7,9-10,16,20H,3,8,11-13H2,1-2H3;1H. The highest BCUT2D eigenvalue weighted by Gasteiger charge is 2.28. The van der Waals surface area contributed by atoms with Gasteiger partial charge in [-0.1, -0.05) is 5.16 Å². The fraction of sp³-hybridized carbons (Fsp3) is 0.421. The zero-order valence-corrected chi connectivity index (χ0v) is 16.9. The number of benzene rings is 1. The minimum Gasteiger partial charge on any atom is -0.494 e. The van der Waals surface area contributed by atoms with Crippen molar-refractivity contribution < 1.29 is 9.26 Å². The van der Waals surface area contributed by atoms with E-state index in [4.69, 9.17) is 9.26 Å². The summed E-state index contributed by atoms with van der Waals surface area (Å²) in [5.74, 6) is 3.08. The molecule has 9 heteroatoms. The molecule has 1 fully saturated rings. The van der Waals surface area contributed by atoms with E-state index in [1.54, 1.807) is 0 Å². The van der Waals surface area contributed by atoms with Crippen molar-refractivity contribution in [1.29, 1.82) is 0 Å². The van der Waals surface area contributed by atoms with Crippen molar-refractivity contribution in [2.45, 2.75) is 19.5 Å². The highest BCUT2D eigenvalue weighted by atomic mass is 35.5. The number of hydrogen-bond donors (Lipinski definition) is 1. The van der Waals surface area contributed by atoms with Crippen LogP contribution in [-0.4, -0.2) is 50.8 Å². The third kappa shape index (κ3) is 4.35. The van der Waals surface area contributed by atoms with Crippen molar-refractivity contribution in [2.75, 3.05) is 26.2 Å². The normalized spacial score (nSPS) is 17.3. The maximum atomic E-state index is 5.51. The first-order valence-electron chi connectivity index (χ1n) is 9.22. The zero-order valence-electron chi connectivity index (χ0n) is 16.0. The second-order valence-electron chi connectivity index (χ2n) is 6.56. The molecule has 150 valence electrons. The third-order valence-corrected chi connectivity index (χ3v) is 4.74. The van der Waals surface area contributed by atoms with Gasteiger partial charge in [-0.15, -0.1) is 12.4 Å². The monoisotopic (exact) mass is 404 g/mol. The van der Waals surface area contributed by atoms with Gasteiger partial charge in [0.2, 0.25) is 11.7 Å². The Kier molecular flexibility index (Phi) is 6.66. The summed E-state index contributed by atoms with van der Waals surface area (Å²) >= 11 is 0. The molecule has 2 aromatic heterocycles. The van der Waals surface area contributed by atoms with Gasteiger partial charge in [0, 0.05) is 44.6 Å². The molecule has 28 heavy (non-hydrogen) atoms. The molecule has 0 aliphatic carbocycles. The Balaban J connectivity index is 0.00000225. The summed E-state index contributed by atoms with van der Waals surface area (Å²) in [5, 5.41) is 7.58. The molecule has 0 amide bonds. The minimum atomic E-state index is 0. The van der Waals surface area contributed by atoms with Crippen LogP contribution in [0.2, 0.25) is 0 Å². The Morgan fingerprint density at radius 1 is 1.29 bits per heavy atom. The number of rotatable bonds is 6. The molecule has 1 atom stereocenters. The molecule has 1 unspecified atom stereocenters. The molecule has 8 nitrogen and oxygen atoms in total. The van der Waals surface area contributed by atoms with Gasteiger partial charge in [0.1, 0.15) is 11.6 Å². The molecular weight excluding hydrogens is 380 g/mol. The van der Waals surface area contributed by atoms with Crippen LogP contribution in [0.15, 0.2) is 41.2 Å². The summed E-state index contributed by atoms with van der Waals surface area (Å²) in [6.45, 7) is 5.90. The van der Waals surface area contributed by atoms with E-state index in [0.717, 1.165) is 36.8 Å². The maximum absolute atomic E-state index is 5.51. The van der Waals surface area contributed by atoms with Crippen LogP contribution in [-0.2, 0) is 13.6 Å². The Labute approximate surface area is 170 Å². The van der Waals surface area contributed by atoms with Crippen LogP contribution in [0.1, 0.15) is 24.7 Å². The average molecular weight is 405 g/mol. The summed E-state index contributed by atoms with van der Waals surface area (Å²) in [6.07, 6.45) is 3.80. The number of hydrogen-bond acceptors (Lipinski definition) is 7. The van der Waals surface area contributed by atoms with E-state index in [9.17, 15) is 0 Å². The summed E-state index contributed by atoms with van der Waals surface area (Å²) in [5.41, 5.74) is 0.911. The molecule has 0 saturated carbocycles. The van der Waals surface area contributed by atoms with Crippen molar-refractivity contribution in [3.63, 3.8) is 0 Å². The van der Waals surface area contributed by atoms with Crippen molar-refractivity contribution in [2.24, 2.45) is 7.05 Å². The lowest BCUT2D eigenvalue weighted by molar-refractivity contribution is 0.128. The van der Waals surface area contributed by atoms with Gasteiger partial charge in [-0.25, -0.2) is 4.98 Å². The first kappa shape index (κ1) is 20.3. The highest BCUT2D eigenvalue weighted by Crippen LogP contribution is 2.24. The van der Waals surface area contributed by atoms with Gasteiger partial charge in [-0.2, -0.15) is 4.98 Å². The Hall–Kier alpha value is -2.42. The van der Waals surface area contributed by atoms with Crippen LogP contribution in [0, 0.1) is 0 Å². The minimum absolute atomic E-state index is 0. The summed E-state index contributed by atoms with van der Waals surface area (Å²) in [6, 6.07) is 7.91. The summed E-state index contributed by atoms with van der Waals surface area (Å²) in [4.78, 5) is 11.4. The largest absolute Gasteiger partial charge is 0.494 e. The lowest BCUT2D eigenvalue weighted by atomic mass is 10.1. The number of nitrogens with zero attached hydrogens (tertiary/aromatic N) is 5. The van der Waals surface area contributed by atoms with Gasteiger partial charge >= 0.3 is 0 Å². The van der Waals surface area contributed by atoms with E-state index in [0.29, 0.717) is 24.9 Å². The van der Waals surface area contributed by atoms with Crippen LogP contribution < -0.4 is 10.1 Å². The molecule has 0 radical (unpaired) electrons. The van der Waals surface area contributed by atoms with Gasteiger partial charge in [0.05, 0.1) is 19.2 Å². The molecule has 0 bridgehead atoms. The zero-order chi connectivity index (χ0) is 18.6. The topological polar surface area (TPSA) is 81.2 Å². The van der Waals surface area contributed by atoms with Crippen LogP contribution in [0.25, 0.3) is 11.4 Å². The number of halogens is 1. The molecule has 3 aromatic rings. The predicted molar refractivity (Wildman–Crippen MR) is 107 cm³/mol. The van der Waals surface area contributed by atoms with E-state index >= 15 is 0 Å². The van der Waals surface area contributed by atoms with Crippen LogP contribution in [0.4, 0.5) is 0 Å². The number of aryl methyl sites for hydroxylation is 1. The van der Waals surface area contributed by atoms with Gasteiger partial charge in [0.25, 0.3) is 0 Å². The molecule has 1 N–H and O–H groups in total. The Morgan fingerprint density at radius 3 is 2.82 bits per heavy atom. The maximum Gasteiger partial charge on any atom is 0.241 e. The first-order valence-corrected chi connectivity index (χ1v) is 9.22. The second kappa shape index (κ2) is 9.18. The van der Waals surface area contributed by atoms with Gasteiger partial charge in [0.15, 0.2) is 0 Å². The SMILES string of the molecule is CCOc1ccc(-c2noc(CN3CCNCC3c3nccn3C)n2)cc1.Cl. The van der Waals surface area contributed by atoms with Gasteiger partial charge in [-0.3, -0.25) is 4.90 Å². The van der Waals surface area contributed by atoms with Crippen LogP contribution in [0.5, 0.6) is 5.75 Å². The number of imidazole rings is 1. The molecule has 4 rings (SSSR count). The predicted octanol–water partition coefficient (Wildman–Crippen LogP) is 2.44. The summed E-state index contributed by atoms with van der Waals surface area (Å²) < 4.78 is 13.0. The highest BCUT2D eigenvalue weighted by molar-refractivity contribution is 5.85. The fourth-order valence-corrected chi connectivity index (χ4v) is 3.37. The molecule has 0 spiro atoms. The molecule has 1 aliphatic heterocycles. The molecule has 1 saturated heterocycles. The van der Waals surface area contributed by atoms with E-state index in [1.165, 1.54) is 0 Å². The van der Waals surface area contributed by atoms with Gasteiger partial charge in [-0.05, 0) is 31.2 Å². The second-order valence-corrected chi connectivity index (χ2v) is 6.56. The molecule has 3 heterocycles. The van der Waals surface area contributed by atoms with E-state index in [1.807, 2.05) is 50.6 Å². The van der Waals surface area contributed by atoms with Gasteiger partial charge < -0.3 is 19.1 Å². The lowest BCUT2D eigenvalue weighted by Gasteiger charge is -2.34. The van der Waals surface area contributed by atoms with Crippen molar-refractivity contribution in [1.82, 2.24) is 29.9 Å². The average Bonchev–Trinajstić information content (AvgIpc) is 3.32. The lowest BCUT2D eigenvalue weighted by Crippen LogP contribution is -2.46. The molecular formula is C19H25ClN6O2. The van der Waals surface area contributed by atoms with E-state index < -0.39 is 0 Å². The Morgan fingerprint density at radius 2 is 2.11 bits per heavy atom. The number of nitrogens with one attached hydrogen (secondary N) is 1. The Bertz CT molecular complexity index is 879. The van der Waals surface area contributed by atoms with Crippen molar-refractivity contribution in [3.05, 3.63) is 48.4 Å². The molecule has 1 aliphatic rings. The van der Waals surface area contributed by atoms with E-state index in [2.05, 4.69) is 29.9 Å². The number of ether oxygens (including phenoxy) is 1. The smallest absolute Gasteiger partial charge is 0.241 e. The van der Waals surface area contributed by atoms with Crippen molar-refractivity contribution in [3.8, 4) is 17.1 Å². The number of piperazine rings is 1. The fourth-order valence-electron chi connectivity index (χ4n) is 3.37. The van der Waals surface area contributed by atoms with Crippen LogP contribution in [0.3, 0.4) is 0 Å². The van der Waals surface area contributed by atoms with Crippen LogP contribution >= 0.6 is 12.4 Å². The number of aromatic nitrogens is 4. The summed E-state index contributed by atoms with van der Waals surface area (Å²) in [7, 11) is 2.02.